The van der Waals surface area contributed by atoms with E-state index in [1.54, 1.807) is 29.6 Å². The summed E-state index contributed by atoms with van der Waals surface area (Å²) in [5.74, 6) is -0.0556. The van der Waals surface area contributed by atoms with Crippen LogP contribution in [0.1, 0.15) is 66.6 Å². The molecule has 5 heterocycles. The van der Waals surface area contributed by atoms with Crippen LogP contribution >= 0.6 is 0 Å². The monoisotopic (exact) mass is 602 g/mol. The second kappa shape index (κ2) is 11.7. The quantitative estimate of drug-likeness (QED) is 0.282. The summed E-state index contributed by atoms with van der Waals surface area (Å²) in [6.07, 6.45) is 4.83. The molecule has 3 aromatic heterocycles. The average molecular weight is 603 g/mol. The number of carbonyl (C=O) groups excluding carboxylic acids is 1. The van der Waals surface area contributed by atoms with Crippen molar-refractivity contribution < 1.29 is 17.9 Å². The molecule has 0 saturated carbocycles. The molecule has 1 aromatic carbocycles. The van der Waals surface area contributed by atoms with Gasteiger partial charge in [0.15, 0.2) is 5.65 Å². The fourth-order valence-electron chi connectivity index (χ4n) is 6.52. The van der Waals surface area contributed by atoms with Crippen molar-refractivity contribution in [3.05, 3.63) is 76.7 Å². The van der Waals surface area contributed by atoms with Crippen LogP contribution in [-0.2, 0) is 33.1 Å². The Bertz CT molecular complexity index is 1790. The number of piperidine rings is 1. The van der Waals surface area contributed by atoms with Gasteiger partial charge in [0, 0.05) is 55.9 Å². The van der Waals surface area contributed by atoms with E-state index < -0.39 is 10.0 Å². The van der Waals surface area contributed by atoms with Crippen molar-refractivity contribution in [2.45, 2.75) is 69.9 Å². The number of pyridine rings is 1. The molecule has 11 heteroatoms. The van der Waals surface area contributed by atoms with E-state index in [0.717, 1.165) is 64.9 Å². The number of ether oxygens (including phenoxy) is 1. The Hall–Kier alpha value is -3.83. The van der Waals surface area contributed by atoms with Gasteiger partial charge in [-0.05, 0) is 81.0 Å². The number of hydrogen-bond donors (Lipinski definition) is 0. The Morgan fingerprint density at radius 3 is 2.77 bits per heavy atom. The Morgan fingerprint density at radius 2 is 1.95 bits per heavy atom. The van der Waals surface area contributed by atoms with Crippen molar-refractivity contribution in [2.75, 3.05) is 24.6 Å². The van der Waals surface area contributed by atoms with Crippen LogP contribution in [0.2, 0.25) is 0 Å². The van der Waals surface area contributed by atoms with E-state index in [9.17, 15) is 13.2 Å². The van der Waals surface area contributed by atoms with Crippen LogP contribution in [0.4, 0.5) is 5.82 Å². The van der Waals surface area contributed by atoms with Crippen LogP contribution in [0.15, 0.2) is 53.6 Å². The number of aryl methyl sites for hydroxylation is 3. The Morgan fingerprint density at radius 1 is 1.12 bits per heavy atom. The zero-order valence-electron chi connectivity index (χ0n) is 25.2. The van der Waals surface area contributed by atoms with Gasteiger partial charge in [-0.2, -0.15) is 9.40 Å². The first-order valence-corrected chi connectivity index (χ1v) is 16.4. The number of sulfonamides is 1. The molecule has 226 valence electrons. The van der Waals surface area contributed by atoms with Gasteiger partial charge in [0.2, 0.25) is 10.0 Å². The number of aromatic nitrogens is 4. The van der Waals surface area contributed by atoms with E-state index in [-0.39, 0.29) is 35.8 Å². The van der Waals surface area contributed by atoms with Crippen molar-refractivity contribution in [3.8, 4) is 0 Å². The van der Waals surface area contributed by atoms with Gasteiger partial charge < -0.3 is 14.2 Å². The number of nitrogens with zero attached hydrogens (tertiary/aromatic N) is 6. The molecule has 2 aliphatic rings. The number of benzene rings is 1. The second-order valence-corrected chi connectivity index (χ2v) is 13.5. The molecule has 0 spiro atoms. The molecular weight excluding hydrogens is 564 g/mol. The maximum Gasteiger partial charge on any atom is 0.306 e. The third-order valence-corrected chi connectivity index (χ3v) is 10.6. The highest BCUT2D eigenvalue weighted by Gasteiger charge is 2.39. The predicted molar refractivity (Wildman–Crippen MR) is 164 cm³/mol. The first-order chi connectivity index (χ1) is 20.7. The summed E-state index contributed by atoms with van der Waals surface area (Å²) >= 11 is 0. The van der Waals surface area contributed by atoms with Gasteiger partial charge in [-0.1, -0.05) is 18.2 Å². The summed E-state index contributed by atoms with van der Waals surface area (Å²) in [4.78, 5) is 19.8. The van der Waals surface area contributed by atoms with Crippen LogP contribution in [-0.4, -0.2) is 64.2 Å². The first-order valence-electron chi connectivity index (χ1n) is 14.9. The van der Waals surface area contributed by atoms with Gasteiger partial charge in [-0.25, -0.2) is 13.4 Å². The summed E-state index contributed by atoms with van der Waals surface area (Å²) in [5.41, 5.74) is 5.27. The number of carbonyl (C=O) groups is 1. The van der Waals surface area contributed by atoms with Gasteiger partial charge >= 0.3 is 5.97 Å². The molecule has 0 bridgehead atoms. The van der Waals surface area contributed by atoms with Gasteiger partial charge in [0.05, 0.1) is 18.7 Å². The van der Waals surface area contributed by atoms with Crippen molar-refractivity contribution in [2.24, 2.45) is 7.05 Å². The summed E-state index contributed by atoms with van der Waals surface area (Å²) in [6.45, 7) is 7.43. The van der Waals surface area contributed by atoms with Crippen molar-refractivity contribution in [3.63, 3.8) is 0 Å². The van der Waals surface area contributed by atoms with Gasteiger partial charge in [-0.15, -0.1) is 5.10 Å². The second-order valence-electron chi connectivity index (χ2n) is 11.6. The Labute approximate surface area is 252 Å². The summed E-state index contributed by atoms with van der Waals surface area (Å²) in [5, 5.41) is 9.57. The number of esters is 1. The normalized spacial score (nSPS) is 19.0. The smallest absolute Gasteiger partial charge is 0.306 e. The maximum atomic E-state index is 14.1. The van der Waals surface area contributed by atoms with Gasteiger partial charge in [0.1, 0.15) is 10.7 Å². The SMILES string of the molecule is CCOC(=O)CC(c1ccc(C)c(CN2C[C@H]3CCCCN3c3ncccc3S2(=O)=O)c1)c1cc2cc(C)nnc2n1C. The van der Waals surface area contributed by atoms with E-state index in [1.807, 2.05) is 43.7 Å². The van der Waals surface area contributed by atoms with Crippen LogP contribution in [0.3, 0.4) is 0 Å². The zero-order valence-corrected chi connectivity index (χ0v) is 26.0. The lowest BCUT2D eigenvalue weighted by Gasteiger charge is -2.36. The Balaban J connectivity index is 1.40. The standard InChI is InChI=1S/C32H38N6O4S/c1-5-42-30(39)18-27(28-17-24-15-22(3)34-35-31(24)36(28)4)23-12-11-21(2)25(16-23)19-37-20-26-9-6-7-14-38(26)32-29(43(37,40)41)10-8-13-33-32/h8,10-13,15-17,26-27H,5-7,9,14,18-20H2,1-4H3/t26-,27?/m1/s1. The van der Waals surface area contributed by atoms with Crippen LogP contribution < -0.4 is 4.90 Å². The van der Waals surface area contributed by atoms with Crippen molar-refractivity contribution in [1.29, 1.82) is 0 Å². The van der Waals surface area contributed by atoms with Crippen molar-refractivity contribution >= 4 is 32.8 Å². The van der Waals surface area contributed by atoms with Crippen LogP contribution in [0.25, 0.3) is 11.0 Å². The topological polar surface area (TPSA) is 111 Å². The lowest BCUT2D eigenvalue weighted by atomic mass is 9.89. The van der Waals surface area contributed by atoms with E-state index in [4.69, 9.17) is 4.74 Å². The lowest BCUT2D eigenvalue weighted by molar-refractivity contribution is -0.143. The molecule has 1 unspecified atom stereocenters. The molecule has 2 atom stereocenters. The van der Waals surface area contributed by atoms with Crippen LogP contribution in [0, 0.1) is 13.8 Å². The zero-order chi connectivity index (χ0) is 30.3. The summed E-state index contributed by atoms with van der Waals surface area (Å²) in [6, 6.07) is 13.6. The van der Waals surface area contributed by atoms with E-state index in [1.165, 1.54) is 0 Å². The molecule has 1 saturated heterocycles. The number of hydrogen-bond acceptors (Lipinski definition) is 8. The molecule has 0 amide bonds. The van der Waals surface area contributed by atoms with Crippen LogP contribution in [0.5, 0.6) is 0 Å². The minimum absolute atomic E-state index is 0.0695. The van der Waals surface area contributed by atoms with Gasteiger partial charge in [-0.3, -0.25) is 4.79 Å². The predicted octanol–water partition coefficient (Wildman–Crippen LogP) is 4.63. The number of fused-ring (bicyclic) bond motifs is 4. The van der Waals surface area contributed by atoms with Gasteiger partial charge in [0.25, 0.3) is 0 Å². The molecule has 6 rings (SSSR count). The minimum Gasteiger partial charge on any atom is -0.466 e. The molecule has 10 nitrogen and oxygen atoms in total. The van der Waals surface area contributed by atoms with Crippen molar-refractivity contribution in [1.82, 2.24) is 24.1 Å². The van der Waals surface area contributed by atoms with E-state index >= 15 is 0 Å². The summed E-state index contributed by atoms with van der Waals surface area (Å²) < 4.78 is 37.2. The summed E-state index contributed by atoms with van der Waals surface area (Å²) in [7, 11) is -1.87. The Kier molecular flexibility index (Phi) is 7.95. The number of anilines is 1. The third kappa shape index (κ3) is 5.51. The molecular formula is C32H38N6O4S. The van der Waals surface area contributed by atoms with E-state index in [2.05, 4.69) is 32.2 Å². The number of rotatable bonds is 7. The molecule has 2 aliphatic heterocycles. The third-order valence-electron chi connectivity index (χ3n) is 8.77. The fourth-order valence-corrected chi connectivity index (χ4v) is 8.13. The molecule has 1 fully saturated rings. The largest absolute Gasteiger partial charge is 0.466 e. The lowest BCUT2D eigenvalue weighted by Crippen LogP contribution is -2.45. The fraction of sp³-hybridized carbons (Fsp3) is 0.438. The minimum atomic E-state index is -3.80. The molecule has 0 N–H and O–H groups in total. The molecule has 0 aliphatic carbocycles. The highest BCUT2D eigenvalue weighted by molar-refractivity contribution is 7.89. The maximum absolute atomic E-state index is 14.1. The highest BCUT2D eigenvalue weighted by atomic mass is 32.2. The molecule has 0 radical (unpaired) electrons. The van der Waals surface area contributed by atoms with E-state index in [0.29, 0.717) is 19.0 Å². The first kappa shape index (κ1) is 29.3. The molecule has 4 aromatic rings. The highest BCUT2D eigenvalue weighted by Crippen LogP contribution is 2.37. The molecule has 43 heavy (non-hydrogen) atoms. The average Bonchev–Trinajstić information content (AvgIpc) is 3.27.